The SMILES string of the molecule is Cc1ccc(S(=O)(=O)N=S(=O)(C/C=C/[C@@H](O)c2ccccc2)c2ccccc2)cc1. The fourth-order valence-corrected chi connectivity index (χ4v) is 6.62. The minimum absolute atomic E-state index is 0.00921. The van der Waals surface area contributed by atoms with Gasteiger partial charge in [-0.25, -0.2) is 4.21 Å². The summed E-state index contributed by atoms with van der Waals surface area (Å²) in [6, 6.07) is 23.6. The van der Waals surface area contributed by atoms with Gasteiger partial charge in [-0.1, -0.05) is 78.4 Å². The zero-order chi connectivity index (χ0) is 21.6. The van der Waals surface area contributed by atoms with Crippen molar-refractivity contribution in [3.8, 4) is 0 Å². The van der Waals surface area contributed by atoms with Crippen LogP contribution in [-0.2, 0) is 19.8 Å². The summed E-state index contributed by atoms with van der Waals surface area (Å²) < 4.78 is 43.2. The van der Waals surface area contributed by atoms with Crippen LogP contribution in [0.1, 0.15) is 17.2 Å². The van der Waals surface area contributed by atoms with Crippen LogP contribution in [-0.4, -0.2) is 23.5 Å². The molecule has 0 amide bonds. The molecule has 0 bridgehead atoms. The van der Waals surface area contributed by atoms with Gasteiger partial charge in [-0.15, -0.1) is 3.77 Å². The van der Waals surface area contributed by atoms with E-state index in [1.165, 1.54) is 24.3 Å². The maximum atomic E-state index is 13.7. The Kier molecular flexibility index (Phi) is 6.87. The molecule has 0 aliphatic heterocycles. The van der Waals surface area contributed by atoms with E-state index in [1.54, 1.807) is 54.6 Å². The van der Waals surface area contributed by atoms with Crippen molar-refractivity contribution >= 4 is 19.8 Å². The number of hydrogen-bond acceptors (Lipinski definition) is 4. The van der Waals surface area contributed by atoms with Crippen LogP contribution >= 0.6 is 0 Å². The van der Waals surface area contributed by atoms with Gasteiger partial charge >= 0.3 is 0 Å². The van der Waals surface area contributed by atoms with Gasteiger partial charge in [0.2, 0.25) is 0 Å². The zero-order valence-corrected chi connectivity index (χ0v) is 18.1. The number of aliphatic hydroxyl groups is 1. The van der Waals surface area contributed by atoms with Crippen LogP contribution in [0.2, 0.25) is 0 Å². The molecule has 7 heteroatoms. The Morgan fingerprint density at radius 1 is 0.833 bits per heavy atom. The van der Waals surface area contributed by atoms with Crippen molar-refractivity contribution in [3.63, 3.8) is 0 Å². The first-order valence-electron chi connectivity index (χ1n) is 9.33. The number of nitrogens with zero attached hydrogens (tertiary/aromatic N) is 1. The van der Waals surface area contributed by atoms with E-state index in [0.717, 1.165) is 5.56 Å². The fraction of sp³-hybridized carbons (Fsp3) is 0.130. The minimum atomic E-state index is -4.13. The summed E-state index contributed by atoms with van der Waals surface area (Å²) >= 11 is 0. The smallest absolute Gasteiger partial charge is 0.290 e. The molecule has 0 radical (unpaired) electrons. The van der Waals surface area contributed by atoms with Gasteiger partial charge < -0.3 is 5.11 Å². The average molecular weight is 442 g/mol. The molecule has 0 heterocycles. The second-order valence-corrected chi connectivity index (χ2v) is 10.9. The first kappa shape index (κ1) is 22.0. The van der Waals surface area contributed by atoms with Gasteiger partial charge in [0.05, 0.1) is 26.5 Å². The molecule has 1 unspecified atom stereocenters. The van der Waals surface area contributed by atoms with E-state index >= 15 is 0 Å². The summed E-state index contributed by atoms with van der Waals surface area (Å²) in [5, 5.41) is 10.3. The van der Waals surface area contributed by atoms with E-state index in [-0.39, 0.29) is 10.6 Å². The van der Waals surface area contributed by atoms with E-state index < -0.39 is 25.9 Å². The lowest BCUT2D eigenvalue weighted by atomic mass is 10.1. The van der Waals surface area contributed by atoms with Gasteiger partial charge in [0.1, 0.15) is 0 Å². The Bertz CT molecular complexity index is 1230. The topological polar surface area (TPSA) is 83.8 Å². The highest BCUT2D eigenvalue weighted by Gasteiger charge is 2.20. The molecule has 3 aromatic carbocycles. The van der Waals surface area contributed by atoms with Gasteiger partial charge in [-0.05, 0) is 36.8 Å². The Labute approximate surface area is 178 Å². The van der Waals surface area contributed by atoms with Gasteiger partial charge in [0.25, 0.3) is 10.0 Å². The van der Waals surface area contributed by atoms with Crippen molar-refractivity contribution in [1.29, 1.82) is 0 Å². The van der Waals surface area contributed by atoms with Gasteiger partial charge in [0, 0.05) is 4.90 Å². The highest BCUT2D eigenvalue weighted by atomic mass is 32.3. The molecular formula is C23H23NO4S2. The average Bonchev–Trinajstić information content (AvgIpc) is 2.75. The third kappa shape index (κ3) is 5.44. The molecule has 0 aliphatic rings. The van der Waals surface area contributed by atoms with Gasteiger partial charge in [0.15, 0.2) is 0 Å². The van der Waals surface area contributed by atoms with Crippen LogP contribution in [0.5, 0.6) is 0 Å². The molecule has 0 fully saturated rings. The second-order valence-electron chi connectivity index (χ2n) is 6.77. The predicted octanol–water partition coefficient (Wildman–Crippen LogP) is 4.50. The summed E-state index contributed by atoms with van der Waals surface area (Å²) in [7, 11) is -7.45. The lowest BCUT2D eigenvalue weighted by molar-refractivity contribution is 0.228. The van der Waals surface area contributed by atoms with E-state index in [2.05, 4.69) is 3.77 Å². The fourth-order valence-electron chi connectivity index (χ4n) is 2.79. The molecule has 156 valence electrons. The van der Waals surface area contributed by atoms with Crippen molar-refractivity contribution in [2.75, 3.05) is 5.75 Å². The van der Waals surface area contributed by atoms with E-state index in [4.69, 9.17) is 0 Å². The summed E-state index contributed by atoms with van der Waals surface area (Å²) in [5.74, 6) is -0.147. The maximum absolute atomic E-state index is 13.7. The number of rotatable bonds is 7. The molecule has 3 rings (SSSR count). The van der Waals surface area contributed by atoms with Crippen molar-refractivity contribution in [3.05, 3.63) is 108 Å². The van der Waals surface area contributed by atoms with Crippen molar-refractivity contribution in [1.82, 2.24) is 0 Å². The van der Waals surface area contributed by atoms with Crippen molar-refractivity contribution in [2.45, 2.75) is 22.8 Å². The molecule has 2 atom stereocenters. The zero-order valence-electron chi connectivity index (χ0n) is 16.5. The van der Waals surface area contributed by atoms with Gasteiger partial charge in [-0.3, -0.25) is 0 Å². The number of hydrogen-bond donors (Lipinski definition) is 1. The summed E-state index contributed by atoms with van der Waals surface area (Å²) in [6.07, 6.45) is 2.12. The Morgan fingerprint density at radius 2 is 1.40 bits per heavy atom. The third-order valence-electron chi connectivity index (χ3n) is 4.43. The number of aliphatic hydroxyl groups excluding tert-OH is 1. The van der Waals surface area contributed by atoms with Crippen molar-refractivity contribution in [2.24, 2.45) is 3.77 Å². The molecule has 0 spiro atoms. The predicted molar refractivity (Wildman–Crippen MR) is 119 cm³/mol. The quantitative estimate of drug-likeness (QED) is 0.547. The van der Waals surface area contributed by atoms with Crippen LogP contribution in [0, 0.1) is 6.92 Å². The lowest BCUT2D eigenvalue weighted by Crippen LogP contribution is -2.10. The molecule has 5 nitrogen and oxygen atoms in total. The first-order valence-corrected chi connectivity index (χ1v) is 12.5. The lowest BCUT2D eigenvalue weighted by Gasteiger charge is -2.10. The standard InChI is InChI=1S/C23H23NO4S2/c1-19-14-16-22(17-15-19)30(27,28)24-29(26,21-11-6-3-7-12-21)18-8-13-23(25)20-9-4-2-5-10-20/h2-17,23,25H,18H2,1H3/b13-8+/t23-,29?/m1/s1. The first-order chi connectivity index (χ1) is 14.3. The summed E-state index contributed by atoms with van der Waals surface area (Å²) in [4.78, 5) is 0.310. The Morgan fingerprint density at radius 3 is 2.00 bits per heavy atom. The largest absolute Gasteiger partial charge is 0.384 e. The van der Waals surface area contributed by atoms with Crippen LogP contribution in [0.3, 0.4) is 0 Å². The van der Waals surface area contributed by atoms with E-state index in [9.17, 15) is 17.7 Å². The Balaban J connectivity index is 1.98. The van der Waals surface area contributed by atoms with Crippen LogP contribution < -0.4 is 0 Å². The molecular weight excluding hydrogens is 418 g/mol. The molecule has 0 aromatic heterocycles. The summed E-state index contributed by atoms with van der Waals surface area (Å²) in [5.41, 5.74) is 1.60. The van der Waals surface area contributed by atoms with Crippen molar-refractivity contribution < 1.29 is 17.7 Å². The Hall–Kier alpha value is -2.74. The molecule has 0 aliphatic carbocycles. The maximum Gasteiger partial charge on any atom is 0.290 e. The monoisotopic (exact) mass is 441 g/mol. The van der Waals surface area contributed by atoms with Crippen LogP contribution in [0.4, 0.5) is 0 Å². The van der Waals surface area contributed by atoms with Gasteiger partial charge in [-0.2, -0.15) is 8.42 Å². The van der Waals surface area contributed by atoms with Crippen LogP contribution in [0.15, 0.2) is 111 Å². The normalized spacial score (nSPS) is 14.9. The number of sulfonamides is 1. The molecule has 1 N–H and O–H groups in total. The molecule has 0 saturated carbocycles. The highest BCUT2D eigenvalue weighted by molar-refractivity contribution is 8.03. The second kappa shape index (κ2) is 9.38. The number of benzene rings is 3. The molecule has 30 heavy (non-hydrogen) atoms. The molecule has 0 saturated heterocycles. The van der Waals surface area contributed by atoms with Crippen LogP contribution in [0.25, 0.3) is 0 Å². The van der Waals surface area contributed by atoms with E-state index in [1.807, 2.05) is 25.1 Å². The molecule has 3 aromatic rings. The minimum Gasteiger partial charge on any atom is -0.384 e. The highest BCUT2D eigenvalue weighted by Crippen LogP contribution is 2.22. The number of aryl methyl sites for hydroxylation is 1. The summed E-state index contributed by atoms with van der Waals surface area (Å²) in [6.45, 7) is 1.85. The third-order valence-corrected chi connectivity index (χ3v) is 8.70. The van der Waals surface area contributed by atoms with E-state index in [0.29, 0.717) is 10.5 Å².